The van der Waals surface area contributed by atoms with E-state index in [1.165, 1.54) is 19.3 Å². The van der Waals surface area contributed by atoms with E-state index in [4.69, 9.17) is 5.11 Å². The molecule has 2 N–H and O–H groups in total. The second-order valence-electron chi connectivity index (χ2n) is 4.09. The van der Waals surface area contributed by atoms with Gasteiger partial charge in [-0.2, -0.15) is 0 Å². The largest absolute Gasteiger partial charge is 0.481 e. The van der Waals surface area contributed by atoms with E-state index in [1.807, 2.05) is 0 Å². The van der Waals surface area contributed by atoms with Crippen LogP contribution in [-0.2, 0) is 4.79 Å². The Bertz CT molecular complexity index is 176. The molecule has 0 bridgehead atoms. The van der Waals surface area contributed by atoms with Gasteiger partial charge in [0.1, 0.15) is 0 Å². The standard InChI is InChI=1S/C10H19NO2/c1-3-8-4-9(5-8)11-6-7(2)10(12)13/h7-9,11H,3-6H2,1-2H3,(H,12,13). The van der Waals surface area contributed by atoms with Crippen molar-refractivity contribution in [1.29, 1.82) is 0 Å². The van der Waals surface area contributed by atoms with Gasteiger partial charge in [-0.1, -0.05) is 20.3 Å². The van der Waals surface area contributed by atoms with Crippen LogP contribution in [0.3, 0.4) is 0 Å². The molecule has 0 aromatic heterocycles. The summed E-state index contributed by atoms with van der Waals surface area (Å²) in [6, 6.07) is 0.576. The molecule has 0 aromatic rings. The van der Waals surface area contributed by atoms with Gasteiger partial charge in [-0.15, -0.1) is 0 Å². The molecule has 1 unspecified atom stereocenters. The van der Waals surface area contributed by atoms with Crippen LogP contribution in [0, 0.1) is 11.8 Å². The summed E-state index contributed by atoms with van der Waals surface area (Å²) in [5.41, 5.74) is 0. The molecule has 76 valence electrons. The first-order valence-corrected chi connectivity index (χ1v) is 5.09. The van der Waals surface area contributed by atoms with E-state index in [0.717, 1.165) is 5.92 Å². The number of hydrogen-bond acceptors (Lipinski definition) is 2. The highest BCUT2D eigenvalue weighted by molar-refractivity contribution is 5.69. The molecule has 0 heterocycles. The molecule has 1 aliphatic carbocycles. The summed E-state index contributed by atoms with van der Waals surface area (Å²) >= 11 is 0. The number of hydrogen-bond donors (Lipinski definition) is 2. The Kier molecular flexibility index (Phi) is 3.72. The SMILES string of the molecule is CCC1CC(NCC(C)C(=O)O)C1. The number of rotatable bonds is 5. The Labute approximate surface area is 79.5 Å². The van der Waals surface area contributed by atoms with Crippen LogP contribution in [0.4, 0.5) is 0 Å². The number of aliphatic carboxylic acids is 1. The van der Waals surface area contributed by atoms with E-state index < -0.39 is 5.97 Å². The lowest BCUT2D eigenvalue weighted by Crippen LogP contribution is -2.43. The normalized spacial score (nSPS) is 29.4. The van der Waals surface area contributed by atoms with E-state index in [2.05, 4.69) is 12.2 Å². The van der Waals surface area contributed by atoms with Crippen molar-refractivity contribution in [2.24, 2.45) is 11.8 Å². The summed E-state index contributed by atoms with van der Waals surface area (Å²) in [4.78, 5) is 10.5. The molecule has 0 aliphatic heterocycles. The van der Waals surface area contributed by atoms with Crippen molar-refractivity contribution in [2.75, 3.05) is 6.54 Å². The molecule has 0 aromatic carbocycles. The lowest BCUT2D eigenvalue weighted by atomic mass is 9.78. The van der Waals surface area contributed by atoms with Gasteiger partial charge in [-0.25, -0.2) is 0 Å². The first kappa shape index (κ1) is 10.5. The van der Waals surface area contributed by atoms with Crippen molar-refractivity contribution >= 4 is 5.97 Å². The summed E-state index contributed by atoms with van der Waals surface area (Å²) in [6.45, 7) is 4.56. The lowest BCUT2D eigenvalue weighted by Gasteiger charge is -2.35. The van der Waals surface area contributed by atoms with Crippen LogP contribution in [0.5, 0.6) is 0 Å². The van der Waals surface area contributed by atoms with Gasteiger partial charge in [-0.05, 0) is 18.8 Å². The Hall–Kier alpha value is -0.570. The molecule has 1 aliphatic rings. The Morgan fingerprint density at radius 2 is 2.23 bits per heavy atom. The maximum atomic E-state index is 10.5. The second-order valence-corrected chi connectivity index (χ2v) is 4.09. The van der Waals surface area contributed by atoms with Gasteiger partial charge in [-0.3, -0.25) is 4.79 Å². The molecule has 0 saturated heterocycles. The summed E-state index contributed by atoms with van der Waals surface area (Å²) in [5, 5.41) is 11.9. The fraction of sp³-hybridized carbons (Fsp3) is 0.900. The van der Waals surface area contributed by atoms with Crippen LogP contribution < -0.4 is 5.32 Å². The Balaban J connectivity index is 2.05. The average molecular weight is 185 g/mol. The van der Waals surface area contributed by atoms with Gasteiger partial charge in [0, 0.05) is 12.6 Å². The molecule has 1 rings (SSSR count). The molecule has 13 heavy (non-hydrogen) atoms. The zero-order valence-corrected chi connectivity index (χ0v) is 8.42. The topological polar surface area (TPSA) is 49.3 Å². The summed E-state index contributed by atoms with van der Waals surface area (Å²) in [6.07, 6.45) is 3.71. The summed E-state index contributed by atoms with van der Waals surface area (Å²) < 4.78 is 0. The van der Waals surface area contributed by atoms with E-state index in [9.17, 15) is 4.79 Å². The third kappa shape index (κ3) is 2.99. The first-order valence-electron chi connectivity index (χ1n) is 5.09. The molecule has 0 spiro atoms. The molecule has 0 amide bonds. The second kappa shape index (κ2) is 4.61. The van der Waals surface area contributed by atoms with E-state index in [0.29, 0.717) is 12.6 Å². The zero-order chi connectivity index (χ0) is 9.84. The van der Waals surface area contributed by atoms with Crippen molar-refractivity contribution in [1.82, 2.24) is 5.32 Å². The van der Waals surface area contributed by atoms with Gasteiger partial charge in [0.05, 0.1) is 5.92 Å². The van der Waals surface area contributed by atoms with Crippen LogP contribution in [0.2, 0.25) is 0 Å². The van der Waals surface area contributed by atoms with Crippen LogP contribution in [0.1, 0.15) is 33.1 Å². The molecular formula is C10H19NO2. The fourth-order valence-corrected chi connectivity index (χ4v) is 1.67. The molecule has 1 saturated carbocycles. The van der Waals surface area contributed by atoms with Gasteiger partial charge >= 0.3 is 5.97 Å². The lowest BCUT2D eigenvalue weighted by molar-refractivity contribution is -0.141. The van der Waals surface area contributed by atoms with E-state index in [1.54, 1.807) is 6.92 Å². The molecule has 1 atom stereocenters. The van der Waals surface area contributed by atoms with Crippen molar-refractivity contribution in [3.8, 4) is 0 Å². The summed E-state index contributed by atoms with van der Waals surface area (Å²) in [5.74, 6) is -0.0998. The van der Waals surface area contributed by atoms with Crippen molar-refractivity contribution < 1.29 is 9.90 Å². The molecular weight excluding hydrogens is 166 g/mol. The van der Waals surface area contributed by atoms with Crippen LogP contribution in [-0.4, -0.2) is 23.7 Å². The Morgan fingerprint density at radius 3 is 2.69 bits per heavy atom. The van der Waals surface area contributed by atoms with Crippen LogP contribution >= 0.6 is 0 Å². The maximum absolute atomic E-state index is 10.5. The third-order valence-electron chi connectivity index (χ3n) is 2.95. The zero-order valence-electron chi connectivity index (χ0n) is 8.42. The number of carboxylic acids is 1. The minimum Gasteiger partial charge on any atom is -0.481 e. The summed E-state index contributed by atoms with van der Waals surface area (Å²) in [7, 11) is 0. The minimum absolute atomic E-state index is 0.263. The Morgan fingerprint density at radius 1 is 1.62 bits per heavy atom. The molecule has 1 fully saturated rings. The third-order valence-corrected chi connectivity index (χ3v) is 2.95. The molecule has 3 heteroatoms. The number of nitrogens with one attached hydrogen (secondary N) is 1. The minimum atomic E-state index is -0.709. The predicted octanol–water partition coefficient (Wildman–Crippen LogP) is 1.49. The van der Waals surface area contributed by atoms with Gasteiger partial charge < -0.3 is 10.4 Å². The smallest absolute Gasteiger partial charge is 0.307 e. The van der Waals surface area contributed by atoms with Crippen molar-refractivity contribution in [3.63, 3.8) is 0 Å². The molecule has 3 nitrogen and oxygen atoms in total. The van der Waals surface area contributed by atoms with Gasteiger partial charge in [0.25, 0.3) is 0 Å². The maximum Gasteiger partial charge on any atom is 0.307 e. The average Bonchev–Trinajstić information content (AvgIpc) is 2.01. The monoisotopic (exact) mass is 185 g/mol. The molecule has 0 radical (unpaired) electrons. The quantitative estimate of drug-likeness (QED) is 0.682. The van der Waals surface area contributed by atoms with Crippen LogP contribution in [0.15, 0.2) is 0 Å². The van der Waals surface area contributed by atoms with E-state index >= 15 is 0 Å². The highest BCUT2D eigenvalue weighted by atomic mass is 16.4. The first-order chi connectivity index (χ1) is 6.13. The fourth-order valence-electron chi connectivity index (χ4n) is 1.67. The highest BCUT2D eigenvalue weighted by Gasteiger charge is 2.27. The van der Waals surface area contributed by atoms with E-state index in [-0.39, 0.29) is 5.92 Å². The van der Waals surface area contributed by atoms with Crippen molar-refractivity contribution in [2.45, 2.75) is 39.2 Å². The van der Waals surface area contributed by atoms with Crippen LogP contribution in [0.25, 0.3) is 0 Å². The van der Waals surface area contributed by atoms with Gasteiger partial charge in [0.2, 0.25) is 0 Å². The number of carboxylic acid groups (broad SMARTS) is 1. The highest BCUT2D eigenvalue weighted by Crippen LogP contribution is 2.29. The number of carbonyl (C=O) groups is 1. The predicted molar refractivity (Wildman–Crippen MR) is 51.6 cm³/mol. The van der Waals surface area contributed by atoms with Gasteiger partial charge in [0.15, 0.2) is 0 Å². The van der Waals surface area contributed by atoms with Crippen molar-refractivity contribution in [3.05, 3.63) is 0 Å².